The number of rotatable bonds is 7. The van der Waals surface area contributed by atoms with E-state index in [-0.39, 0.29) is 18.2 Å². The summed E-state index contributed by atoms with van der Waals surface area (Å²) in [7, 11) is 0. The molecular formula is C19H18ClN3O3. The van der Waals surface area contributed by atoms with Crippen LogP contribution in [0.4, 0.5) is 5.69 Å². The number of aryl methyl sites for hydroxylation is 1. The second-order valence-corrected chi connectivity index (χ2v) is 6.12. The number of carbonyl (C=O) groups excluding carboxylic acids is 2. The lowest BCUT2D eigenvalue weighted by Crippen LogP contribution is -2.21. The number of esters is 1. The Bertz CT molecular complexity index is 923. The number of aromatic amines is 1. The summed E-state index contributed by atoms with van der Waals surface area (Å²) in [5.41, 5.74) is 2.63. The monoisotopic (exact) mass is 371 g/mol. The Morgan fingerprint density at radius 2 is 2.04 bits per heavy atom. The summed E-state index contributed by atoms with van der Waals surface area (Å²) in [6, 6.07) is 11.3. The average molecular weight is 372 g/mol. The zero-order valence-corrected chi connectivity index (χ0v) is 14.8. The van der Waals surface area contributed by atoms with Crippen LogP contribution in [-0.4, -0.2) is 28.5 Å². The number of fused-ring (bicyclic) bond motifs is 1. The van der Waals surface area contributed by atoms with Gasteiger partial charge in [-0.05, 0) is 36.6 Å². The highest BCUT2D eigenvalue weighted by Gasteiger charge is 2.10. The number of para-hydroxylation sites is 1. The summed E-state index contributed by atoms with van der Waals surface area (Å²) in [5.74, 6) is -0.859. The molecule has 0 saturated carbocycles. The Morgan fingerprint density at radius 1 is 1.19 bits per heavy atom. The summed E-state index contributed by atoms with van der Waals surface area (Å²) >= 11 is 5.85. The first-order chi connectivity index (χ1) is 12.6. The number of benzene rings is 1. The van der Waals surface area contributed by atoms with Gasteiger partial charge in [0, 0.05) is 29.7 Å². The van der Waals surface area contributed by atoms with Gasteiger partial charge in [-0.15, -0.1) is 0 Å². The van der Waals surface area contributed by atoms with Crippen molar-refractivity contribution in [3.63, 3.8) is 0 Å². The smallest absolute Gasteiger partial charge is 0.306 e. The molecule has 0 fully saturated rings. The second kappa shape index (κ2) is 8.49. The molecule has 0 bridgehead atoms. The first-order valence-electron chi connectivity index (χ1n) is 8.24. The molecule has 1 aromatic carbocycles. The second-order valence-electron chi connectivity index (χ2n) is 5.76. The molecule has 6 nitrogen and oxygen atoms in total. The minimum atomic E-state index is -0.454. The van der Waals surface area contributed by atoms with Crippen molar-refractivity contribution in [2.45, 2.75) is 19.3 Å². The van der Waals surface area contributed by atoms with Crippen molar-refractivity contribution in [3.8, 4) is 0 Å². The minimum absolute atomic E-state index is 0.186. The maximum atomic E-state index is 11.8. The van der Waals surface area contributed by atoms with Crippen LogP contribution >= 0.6 is 11.6 Å². The number of anilines is 1. The van der Waals surface area contributed by atoms with Crippen molar-refractivity contribution in [3.05, 3.63) is 59.5 Å². The van der Waals surface area contributed by atoms with Crippen LogP contribution in [-0.2, 0) is 20.7 Å². The molecule has 0 radical (unpaired) electrons. The fourth-order valence-corrected chi connectivity index (χ4v) is 2.81. The Kier molecular flexibility index (Phi) is 5.86. The predicted molar refractivity (Wildman–Crippen MR) is 100 cm³/mol. The van der Waals surface area contributed by atoms with Crippen LogP contribution < -0.4 is 5.32 Å². The van der Waals surface area contributed by atoms with Crippen molar-refractivity contribution in [1.82, 2.24) is 9.97 Å². The summed E-state index contributed by atoms with van der Waals surface area (Å²) in [4.78, 5) is 30.7. The molecule has 0 aliphatic rings. The highest BCUT2D eigenvalue weighted by atomic mass is 35.5. The van der Waals surface area contributed by atoms with E-state index in [1.54, 1.807) is 12.1 Å². The number of halogens is 1. The Labute approximate surface area is 155 Å². The van der Waals surface area contributed by atoms with Crippen LogP contribution in [0.1, 0.15) is 18.4 Å². The number of amides is 1. The fourth-order valence-electron chi connectivity index (χ4n) is 2.65. The van der Waals surface area contributed by atoms with Crippen LogP contribution in [0.3, 0.4) is 0 Å². The van der Waals surface area contributed by atoms with Gasteiger partial charge in [0.25, 0.3) is 5.91 Å². The van der Waals surface area contributed by atoms with E-state index < -0.39 is 11.9 Å². The van der Waals surface area contributed by atoms with Gasteiger partial charge < -0.3 is 15.0 Å². The van der Waals surface area contributed by atoms with E-state index in [0.29, 0.717) is 12.1 Å². The highest BCUT2D eigenvalue weighted by Crippen LogP contribution is 2.19. The first-order valence-corrected chi connectivity index (χ1v) is 8.62. The van der Waals surface area contributed by atoms with E-state index in [1.165, 1.54) is 6.20 Å². The molecule has 0 aliphatic carbocycles. The molecule has 3 aromatic rings. The van der Waals surface area contributed by atoms with Crippen molar-refractivity contribution >= 4 is 40.1 Å². The van der Waals surface area contributed by atoms with Gasteiger partial charge in [-0.25, -0.2) is 4.98 Å². The molecule has 2 N–H and O–H groups in total. The number of H-pyrrole nitrogens is 1. The van der Waals surface area contributed by atoms with Crippen molar-refractivity contribution in [1.29, 1.82) is 0 Å². The average Bonchev–Trinajstić information content (AvgIpc) is 3.05. The molecule has 3 rings (SSSR count). The van der Waals surface area contributed by atoms with Crippen LogP contribution in [0.5, 0.6) is 0 Å². The van der Waals surface area contributed by atoms with E-state index in [4.69, 9.17) is 16.3 Å². The molecule has 26 heavy (non-hydrogen) atoms. The van der Waals surface area contributed by atoms with Crippen LogP contribution in [0.15, 0.2) is 48.8 Å². The Balaban J connectivity index is 1.40. The zero-order valence-electron chi connectivity index (χ0n) is 14.0. The number of nitrogens with one attached hydrogen (secondary N) is 2. The molecule has 134 valence electrons. The van der Waals surface area contributed by atoms with E-state index in [1.807, 2.05) is 30.5 Å². The lowest BCUT2D eigenvalue weighted by atomic mass is 10.1. The lowest BCUT2D eigenvalue weighted by molar-refractivity contribution is -0.147. The van der Waals surface area contributed by atoms with Crippen LogP contribution in [0, 0.1) is 0 Å². The normalized spacial score (nSPS) is 10.7. The molecule has 0 atom stereocenters. The van der Waals surface area contributed by atoms with Gasteiger partial charge in [-0.3, -0.25) is 9.59 Å². The molecule has 2 aromatic heterocycles. The number of nitrogens with zero attached hydrogens (tertiary/aromatic N) is 1. The number of pyridine rings is 1. The lowest BCUT2D eigenvalue weighted by Gasteiger charge is -2.07. The maximum Gasteiger partial charge on any atom is 0.306 e. The molecular weight excluding hydrogens is 354 g/mol. The number of hydrogen-bond acceptors (Lipinski definition) is 4. The SMILES string of the molecule is O=C(COC(=O)CCCc1c[nH]c2ccccc12)Nc1cccnc1Cl. The quantitative estimate of drug-likeness (QED) is 0.489. The number of aromatic nitrogens is 2. The summed E-state index contributed by atoms with van der Waals surface area (Å²) in [6.07, 6.45) is 5.14. The van der Waals surface area contributed by atoms with Gasteiger partial charge >= 0.3 is 5.97 Å². The standard InChI is InChI=1S/C19H18ClN3O3/c20-19-16(8-4-10-21-19)23-17(24)12-26-18(25)9-3-5-13-11-22-15-7-2-1-6-14(13)15/h1-2,4,6-8,10-11,22H,3,5,9,12H2,(H,23,24). The number of hydrogen-bond donors (Lipinski definition) is 2. The summed E-state index contributed by atoms with van der Waals surface area (Å²) < 4.78 is 5.00. The fraction of sp³-hybridized carbons (Fsp3) is 0.211. The van der Waals surface area contributed by atoms with E-state index in [9.17, 15) is 9.59 Å². The molecule has 0 spiro atoms. The maximum absolute atomic E-state index is 11.8. The Morgan fingerprint density at radius 3 is 2.88 bits per heavy atom. The van der Waals surface area contributed by atoms with Crippen LogP contribution in [0.25, 0.3) is 10.9 Å². The third-order valence-electron chi connectivity index (χ3n) is 3.90. The van der Waals surface area contributed by atoms with Crippen molar-refractivity contribution in [2.24, 2.45) is 0 Å². The molecule has 0 unspecified atom stereocenters. The number of carbonyl (C=O) groups is 2. The van der Waals surface area contributed by atoms with E-state index in [0.717, 1.165) is 22.9 Å². The number of ether oxygens (including phenoxy) is 1. The summed E-state index contributed by atoms with van der Waals surface area (Å²) in [5, 5.41) is 3.90. The Hall–Kier alpha value is -2.86. The summed E-state index contributed by atoms with van der Waals surface area (Å²) in [6.45, 7) is -0.350. The molecule has 0 saturated heterocycles. The minimum Gasteiger partial charge on any atom is -0.456 e. The third-order valence-corrected chi connectivity index (χ3v) is 4.20. The molecule has 7 heteroatoms. The molecule has 1 amide bonds. The third kappa shape index (κ3) is 4.61. The van der Waals surface area contributed by atoms with E-state index >= 15 is 0 Å². The van der Waals surface area contributed by atoms with Gasteiger partial charge in [0.05, 0.1) is 5.69 Å². The molecule has 2 heterocycles. The van der Waals surface area contributed by atoms with Crippen LogP contribution in [0.2, 0.25) is 5.15 Å². The van der Waals surface area contributed by atoms with Gasteiger partial charge in [-0.1, -0.05) is 29.8 Å². The zero-order chi connectivity index (χ0) is 18.4. The van der Waals surface area contributed by atoms with Gasteiger partial charge in [0.1, 0.15) is 0 Å². The van der Waals surface area contributed by atoms with Gasteiger partial charge in [0.2, 0.25) is 0 Å². The van der Waals surface area contributed by atoms with Gasteiger partial charge in [0.15, 0.2) is 11.8 Å². The van der Waals surface area contributed by atoms with Gasteiger partial charge in [-0.2, -0.15) is 0 Å². The highest BCUT2D eigenvalue weighted by molar-refractivity contribution is 6.32. The van der Waals surface area contributed by atoms with Crippen molar-refractivity contribution < 1.29 is 14.3 Å². The first kappa shape index (κ1) is 17.9. The predicted octanol–water partition coefficient (Wildman–Crippen LogP) is 3.72. The molecule has 0 aliphatic heterocycles. The topological polar surface area (TPSA) is 84.1 Å². The largest absolute Gasteiger partial charge is 0.456 e. The van der Waals surface area contributed by atoms with E-state index in [2.05, 4.69) is 15.3 Å². The van der Waals surface area contributed by atoms with Crippen molar-refractivity contribution in [2.75, 3.05) is 11.9 Å².